The molecule has 2 aromatic rings. The van der Waals surface area contributed by atoms with E-state index >= 15 is 0 Å². The number of hydrogen-bond donors (Lipinski definition) is 0. The van der Waals surface area contributed by atoms with Gasteiger partial charge in [-0.25, -0.2) is 0 Å². The molecule has 2 aliphatic carbocycles. The van der Waals surface area contributed by atoms with Crippen molar-refractivity contribution in [1.82, 2.24) is 4.98 Å². The highest BCUT2D eigenvalue weighted by Gasteiger charge is 2.50. The molecule has 0 bridgehead atoms. The quantitative estimate of drug-likeness (QED) is 0.268. The van der Waals surface area contributed by atoms with Crippen LogP contribution in [0.2, 0.25) is 0 Å². The van der Waals surface area contributed by atoms with Crippen LogP contribution in [-0.2, 0) is 4.74 Å². The summed E-state index contributed by atoms with van der Waals surface area (Å²) in [7, 11) is 0. The van der Waals surface area contributed by atoms with Crippen molar-refractivity contribution in [2.24, 2.45) is 10.4 Å². The van der Waals surface area contributed by atoms with E-state index in [1.807, 2.05) is 0 Å². The standard InChI is InChI=1S/C27H10F6N6O2/c1-25-5-15(41-27(31,32)33)11-39-24(25)19-4-18-16(3-17(19)22(25)13(8-36)9-37)21(12(6-34)7-35)20-2-14(10-38-23(18)20)40-26(28,29)30/h2-5,10-11,24H,1H3. The van der Waals surface area contributed by atoms with Gasteiger partial charge in [0.05, 0.1) is 24.1 Å². The van der Waals surface area contributed by atoms with Gasteiger partial charge < -0.3 is 9.47 Å². The molecule has 1 aromatic heterocycles. The maximum atomic E-state index is 13.0. The predicted octanol–water partition coefficient (Wildman–Crippen LogP) is 6.18. The fourth-order valence-electron chi connectivity index (χ4n) is 5.40. The Bertz CT molecular complexity index is 1810. The minimum absolute atomic E-state index is 0.00879. The highest BCUT2D eigenvalue weighted by molar-refractivity contribution is 6.05. The number of nitriles is 4. The van der Waals surface area contributed by atoms with Crippen LogP contribution in [0, 0.1) is 50.7 Å². The molecule has 1 aromatic carbocycles. The van der Waals surface area contributed by atoms with Gasteiger partial charge in [0, 0.05) is 27.7 Å². The van der Waals surface area contributed by atoms with Gasteiger partial charge in [0.2, 0.25) is 0 Å². The van der Waals surface area contributed by atoms with Crippen molar-refractivity contribution in [2.75, 3.05) is 0 Å². The Morgan fingerprint density at radius 1 is 0.829 bits per heavy atom. The molecule has 1 aliphatic heterocycles. The second-order valence-corrected chi connectivity index (χ2v) is 9.11. The summed E-state index contributed by atoms with van der Waals surface area (Å²) in [5, 5.41) is 38.8. The number of allylic oxidation sites excluding steroid dienone is 3. The van der Waals surface area contributed by atoms with Gasteiger partial charge in [-0.3, -0.25) is 9.98 Å². The minimum Gasteiger partial charge on any atom is -0.404 e. The Hall–Kier alpha value is -5.60. The molecule has 0 saturated heterocycles. The molecule has 2 unspecified atom stereocenters. The molecule has 0 N–H and O–H groups in total. The van der Waals surface area contributed by atoms with Crippen molar-refractivity contribution in [3.63, 3.8) is 0 Å². The molecular weight excluding hydrogens is 554 g/mol. The molecule has 0 amide bonds. The van der Waals surface area contributed by atoms with Crippen LogP contribution in [0.15, 0.2) is 52.4 Å². The van der Waals surface area contributed by atoms with Crippen LogP contribution < -0.4 is 4.74 Å². The van der Waals surface area contributed by atoms with Crippen LogP contribution in [-0.4, -0.2) is 23.9 Å². The Morgan fingerprint density at radius 3 is 2.05 bits per heavy atom. The molecule has 14 heteroatoms. The van der Waals surface area contributed by atoms with Crippen LogP contribution in [0.4, 0.5) is 26.3 Å². The topological polar surface area (TPSA) is 139 Å². The number of aromatic nitrogens is 1. The summed E-state index contributed by atoms with van der Waals surface area (Å²) < 4.78 is 85.6. The third-order valence-corrected chi connectivity index (χ3v) is 6.72. The minimum atomic E-state index is -5.05. The molecule has 2 atom stereocenters. The summed E-state index contributed by atoms with van der Waals surface area (Å²) in [6, 6.07) is 9.88. The fourth-order valence-corrected chi connectivity index (χ4v) is 5.40. The van der Waals surface area contributed by atoms with Gasteiger partial charge in [-0.2, -0.15) is 21.0 Å². The van der Waals surface area contributed by atoms with Crippen molar-refractivity contribution in [2.45, 2.75) is 25.7 Å². The zero-order chi connectivity index (χ0) is 29.9. The third kappa shape index (κ3) is 4.32. The number of pyridine rings is 1. The Morgan fingerprint density at radius 2 is 1.46 bits per heavy atom. The first-order chi connectivity index (χ1) is 19.2. The molecule has 2 heterocycles. The molecule has 202 valence electrons. The number of fused-ring (bicyclic) bond motifs is 6. The number of dihydropyridines is 1. The molecule has 0 radical (unpaired) electrons. The summed E-state index contributed by atoms with van der Waals surface area (Å²) in [5.41, 5.74) is -1.30. The third-order valence-electron chi connectivity index (χ3n) is 6.72. The number of halogens is 6. The summed E-state index contributed by atoms with van der Waals surface area (Å²) >= 11 is 0. The summed E-state index contributed by atoms with van der Waals surface area (Å²) in [6.45, 7) is 1.47. The maximum absolute atomic E-state index is 13.0. The number of ether oxygens (including phenoxy) is 2. The Balaban J connectivity index is 1.80. The predicted molar refractivity (Wildman–Crippen MR) is 126 cm³/mol. The van der Waals surface area contributed by atoms with Crippen LogP contribution in [0.5, 0.6) is 5.75 Å². The second kappa shape index (κ2) is 8.97. The van der Waals surface area contributed by atoms with Crippen molar-refractivity contribution < 1.29 is 35.8 Å². The monoisotopic (exact) mass is 564 g/mol. The molecular formula is C27H10F6N6O2. The van der Waals surface area contributed by atoms with Crippen LogP contribution in [0.3, 0.4) is 0 Å². The average Bonchev–Trinajstić information content (AvgIpc) is 3.31. The van der Waals surface area contributed by atoms with Gasteiger partial charge in [-0.15, -0.1) is 26.3 Å². The molecule has 8 nitrogen and oxygen atoms in total. The van der Waals surface area contributed by atoms with Gasteiger partial charge in [-0.05, 0) is 47.9 Å². The first-order valence-corrected chi connectivity index (χ1v) is 11.3. The normalized spacial score (nSPS) is 19.8. The molecule has 0 saturated carbocycles. The van der Waals surface area contributed by atoms with E-state index in [4.69, 9.17) is 0 Å². The van der Waals surface area contributed by atoms with Crippen LogP contribution in [0.25, 0.3) is 22.4 Å². The maximum Gasteiger partial charge on any atom is 0.573 e. The molecule has 3 aliphatic rings. The second-order valence-electron chi connectivity index (χ2n) is 9.11. The van der Waals surface area contributed by atoms with E-state index in [-0.39, 0.29) is 39.1 Å². The van der Waals surface area contributed by atoms with Crippen LogP contribution >= 0.6 is 0 Å². The Labute approximate surface area is 226 Å². The zero-order valence-corrected chi connectivity index (χ0v) is 20.3. The van der Waals surface area contributed by atoms with Crippen LogP contribution in [0.1, 0.15) is 35.2 Å². The number of benzene rings is 1. The van der Waals surface area contributed by atoms with E-state index in [2.05, 4.69) is 19.5 Å². The van der Waals surface area contributed by atoms with E-state index in [9.17, 15) is 47.4 Å². The number of aliphatic imine (C=N–C) groups is 1. The lowest BCUT2D eigenvalue weighted by atomic mass is 9.76. The van der Waals surface area contributed by atoms with E-state index in [1.165, 1.54) is 19.1 Å². The number of alkyl halides is 6. The summed E-state index contributed by atoms with van der Waals surface area (Å²) in [6.07, 6.45) is -7.31. The summed E-state index contributed by atoms with van der Waals surface area (Å²) in [4.78, 5) is 8.32. The average molecular weight is 564 g/mol. The highest BCUT2D eigenvalue weighted by Crippen LogP contribution is 2.61. The fraction of sp³-hybridized carbons (Fsp3) is 0.185. The molecule has 41 heavy (non-hydrogen) atoms. The number of nitrogens with zero attached hydrogens (tertiary/aromatic N) is 6. The van der Waals surface area contributed by atoms with Gasteiger partial charge in [0.25, 0.3) is 0 Å². The first-order valence-electron chi connectivity index (χ1n) is 11.3. The number of hydrogen-bond acceptors (Lipinski definition) is 8. The first kappa shape index (κ1) is 27.0. The van der Waals surface area contributed by atoms with Crippen molar-refractivity contribution >= 4 is 17.4 Å². The summed E-state index contributed by atoms with van der Waals surface area (Å²) in [5.74, 6) is -1.36. The van der Waals surface area contributed by atoms with E-state index in [0.29, 0.717) is 5.56 Å². The van der Waals surface area contributed by atoms with E-state index in [0.717, 1.165) is 24.6 Å². The van der Waals surface area contributed by atoms with Crippen molar-refractivity contribution in [3.8, 4) is 41.3 Å². The largest absolute Gasteiger partial charge is 0.573 e. The van der Waals surface area contributed by atoms with Gasteiger partial charge in [-0.1, -0.05) is 0 Å². The van der Waals surface area contributed by atoms with E-state index in [1.54, 1.807) is 24.3 Å². The van der Waals surface area contributed by atoms with Gasteiger partial charge >= 0.3 is 12.7 Å². The molecule has 0 fully saturated rings. The van der Waals surface area contributed by atoms with Gasteiger partial charge in [0.15, 0.2) is 0 Å². The smallest absolute Gasteiger partial charge is 0.404 e. The molecule has 0 spiro atoms. The number of rotatable bonds is 2. The lowest BCUT2D eigenvalue weighted by Gasteiger charge is -2.31. The lowest BCUT2D eigenvalue weighted by molar-refractivity contribution is -0.302. The lowest BCUT2D eigenvalue weighted by Crippen LogP contribution is -2.25. The van der Waals surface area contributed by atoms with Crippen molar-refractivity contribution in [3.05, 3.63) is 69.6 Å². The zero-order valence-electron chi connectivity index (χ0n) is 20.3. The molecule has 5 rings (SSSR count). The van der Waals surface area contributed by atoms with Gasteiger partial charge in [0.1, 0.15) is 46.9 Å². The highest BCUT2D eigenvalue weighted by atomic mass is 19.4. The van der Waals surface area contributed by atoms with Crippen molar-refractivity contribution in [1.29, 1.82) is 21.0 Å². The van der Waals surface area contributed by atoms with E-state index < -0.39 is 46.8 Å². The SMILES string of the molecule is CC12C=C(OC(F)(F)F)C=NC1c1cc3c(cc1C2=C(C#N)C#N)C(=C(C#N)C#N)c1cc(OC(F)(F)F)cnc1-3. The Kier molecular flexibility index (Phi) is 5.91.